The van der Waals surface area contributed by atoms with Crippen LogP contribution in [0.5, 0.6) is 0 Å². The first-order chi connectivity index (χ1) is 6.49. The summed E-state index contributed by atoms with van der Waals surface area (Å²) >= 11 is 0. The smallest absolute Gasteiger partial charge is 0.206 e. The van der Waals surface area contributed by atoms with Crippen molar-refractivity contribution >= 4 is 0 Å². The van der Waals surface area contributed by atoms with Crippen LogP contribution in [0.3, 0.4) is 0 Å². The Labute approximate surface area is 81.1 Å². The van der Waals surface area contributed by atoms with Crippen LogP contribution in [0.25, 0.3) is 0 Å². The lowest BCUT2D eigenvalue weighted by molar-refractivity contribution is 0.0931. The van der Waals surface area contributed by atoms with E-state index in [-0.39, 0.29) is 13.0 Å². The maximum absolute atomic E-state index is 12.6. The number of hydrogen-bond acceptors (Lipinski definition) is 2. The van der Waals surface area contributed by atoms with Crippen LogP contribution < -0.4 is 0 Å². The number of alkyl halides is 2. The first kappa shape index (κ1) is 9.55. The average molecular weight is 201 g/mol. The summed E-state index contributed by atoms with van der Waals surface area (Å²) in [5.74, 6) is -2.75. The van der Waals surface area contributed by atoms with Gasteiger partial charge in [0.1, 0.15) is 0 Å². The molecule has 0 amide bonds. The fourth-order valence-corrected chi connectivity index (χ4v) is 1.33. The van der Waals surface area contributed by atoms with Crippen LogP contribution in [0.1, 0.15) is 31.9 Å². The third-order valence-corrected chi connectivity index (χ3v) is 2.49. The molecule has 1 fully saturated rings. The molecule has 1 unspecified atom stereocenters. The number of halogens is 2. The zero-order chi connectivity index (χ0) is 10.3. The predicted octanol–water partition coefficient (Wildman–Crippen LogP) is 2.06. The molecule has 1 aromatic rings. The monoisotopic (exact) mass is 201 g/mol. The molecule has 1 heterocycles. The minimum atomic E-state index is -2.48. The van der Waals surface area contributed by atoms with Crippen molar-refractivity contribution in [2.75, 3.05) is 0 Å². The van der Waals surface area contributed by atoms with Crippen LogP contribution in [-0.4, -0.2) is 20.9 Å². The van der Waals surface area contributed by atoms with Crippen molar-refractivity contribution in [2.45, 2.75) is 38.7 Å². The molecular formula is C9H13F2N3. The molecule has 1 aliphatic carbocycles. The molecule has 0 aromatic carbocycles. The van der Waals surface area contributed by atoms with E-state index in [0.717, 1.165) is 5.69 Å². The molecule has 0 N–H and O–H groups in total. The zero-order valence-corrected chi connectivity index (χ0v) is 8.24. The molecule has 1 atom stereocenters. The first-order valence-electron chi connectivity index (χ1n) is 4.77. The Hall–Kier alpha value is -1.00. The molecule has 0 spiro atoms. The predicted molar refractivity (Wildman–Crippen MR) is 47.2 cm³/mol. The van der Waals surface area contributed by atoms with Crippen molar-refractivity contribution in [3.63, 3.8) is 0 Å². The molecule has 14 heavy (non-hydrogen) atoms. The van der Waals surface area contributed by atoms with Crippen LogP contribution >= 0.6 is 0 Å². The minimum Gasteiger partial charge on any atom is -0.206 e. The van der Waals surface area contributed by atoms with Crippen LogP contribution in [0.4, 0.5) is 8.78 Å². The van der Waals surface area contributed by atoms with E-state index in [9.17, 15) is 8.78 Å². The zero-order valence-electron chi connectivity index (χ0n) is 8.24. The van der Waals surface area contributed by atoms with Crippen molar-refractivity contribution < 1.29 is 8.78 Å². The molecule has 0 aliphatic heterocycles. The lowest BCUT2D eigenvalue weighted by atomic mass is 10.2. The van der Waals surface area contributed by atoms with E-state index in [1.807, 2.05) is 13.8 Å². The van der Waals surface area contributed by atoms with Crippen LogP contribution in [0.15, 0.2) is 6.20 Å². The van der Waals surface area contributed by atoms with Crippen molar-refractivity contribution in [3.05, 3.63) is 11.9 Å². The van der Waals surface area contributed by atoms with Gasteiger partial charge in [0.2, 0.25) is 0 Å². The molecule has 1 aromatic heterocycles. The van der Waals surface area contributed by atoms with E-state index >= 15 is 0 Å². The Bertz CT molecular complexity index is 333. The van der Waals surface area contributed by atoms with Gasteiger partial charge in [-0.05, 0) is 5.92 Å². The maximum atomic E-state index is 12.6. The molecule has 0 saturated heterocycles. The van der Waals surface area contributed by atoms with Gasteiger partial charge in [-0.2, -0.15) is 15.0 Å². The second-order valence-electron chi connectivity index (χ2n) is 4.14. The van der Waals surface area contributed by atoms with Gasteiger partial charge < -0.3 is 0 Å². The third kappa shape index (κ3) is 1.76. The second-order valence-corrected chi connectivity index (χ2v) is 4.14. The summed E-state index contributed by atoms with van der Waals surface area (Å²) in [6.07, 6.45) is 1.62. The van der Waals surface area contributed by atoms with Gasteiger partial charge in [0.25, 0.3) is 5.92 Å². The van der Waals surface area contributed by atoms with Gasteiger partial charge in [-0.15, -0.1) is 0 Å². The van der Waals surface area contributed by atoms with Crippen LogP contribution in [0, 0.1) is 5.92 Å². The van der Waals surface area contributed by atoms with E-state index < -0.39 is 11.8 Å². The normalized spacial score (nSPS) is 24.2. The van der Waals surface area contributed by atoms with Crippen molar-refractivity contribution in [2.24, 2.45) is 5.92 Å². The number of rotatable bonds is 3. The number of nitrogens with zero attached hydrogens (tertiary/aromatic N) is 3. The third-order valence-electron chi connectivity index (χ3n) is 2.49. The largest absolute Gasteiger partial charge is 0.253 e. The van der Waals surface area contributed by atoms with Crippen molar-refractivity contribution in [1.29, 1.82) is 0 Å². The highest BCUT2D eigenvalue weighted by molar-refractivity contribution is 4.99. The number of hydrogen-bond donors (Lipinski definition) is 0. The quantitative estimate of drug-likeness (QED) is 0.749. The topological polar surface area (TPSA) is 30.7 Å². The Morgan fingerprint density at radius 1 is 1.64 bits per heavy atom. The second kappa shape index (κ2) is 3.00. The van der Waals surface area contributed by atoms with E-state index in [1.165, 1.54) is 4.80 Å². The van der Waals surface area contributed by atoms with Crippen molar-refractivity contribution in [3.8, 4) is 0 Å². The Morgan fingerprint density at radius 3 is 2.71 bits per heavy atom. The van der Waals surface area contributed by atoms with Crippen LogP contribution in [0.2, 0.25) is 0 Å². The standard InChI is InChI=1S/C9H13F2N3/c1-6(2)8-4-12-14(13-8)5-7-3-9(7,10)11/h4,6-7H,3,5H2,1-2H3. The van der Waals surface area contributed by atoms with Gasteiger partial charge >= 0.3 is 0 Å². The highest BCUT2D eigenvalue weighted by Gasteiger charge is 2.57. The van der Waals surface area contributed by atoms with Gasteiger partial charge in [0.05, 0.1) is 18.4 Å². The molecule has 1 saturated carbocycles. The lowest BCUT2D eigenvalue weighted by Gasteiger charge is -1.98. The molecule has 3 nitrogen and oxygen atoms in total. The molecular weight excluding hydrogens is 188 g/mol. The number of aromatic nitrogens is 3. The van der Waals surface area contributed by atoms with Gasteiger partial charge in [-0.3, -0.25) is 0 Å². The van der Waals surface area contributed by atoms with Crippen molar-refractivity contribution in [1.82, 2.24) is 15.0 Å². The fraction of sp³-hybridized carbons (Fsp3) is 0.778. The van der Waals surface area contributed by atoms with Gasteiger partial charge in [-0.1, -0.05) is 13.8 Å². The molecule has 1 aliphatic rings. The summed E-state index contributed by atoms with van der Waals surface area (Å²) in [5.41, 5.74) is 0.856. The Morgan fingerprint density at radius 2 is 2.29 bits per heavy atom. The first-order valence-corrected chi connectivity index (χ1v) is 4.77. The molecule has 5 heteroatoms. The van der Waals surface area contributed by atoms with Gasteiger partial charge in [-0.25, -0.2) is 8.78 Å². The highest BCUT2D eigenvalue weighted by Crippen LogP contribution is 2.49. The van der Waals surface area contributed by atoms with E-state index in [2.05, 4.69) is 10.2 Å². The molecule has 0 radical (unpaired) electrons. The summed E-state index contributed by atoms with van der Waals surface area (Å²) in [6, 6.07) is 0. The van der Waals surface area contributed by atoms with E-state index in [4.69, 9.17) is 0 Å². The summed E-state index contributed by atoms with van der Waals surface area (Å²) in [4.78, 5) is 1.38. The maximum Gasteiger partial charge on any atom is 0.253 e. The Kier molecular flexibility index (Phi) is 2.05. The fourth-order valence-electron chi connectivity index (χ4n) is 1.33. The van der Waals surface area contributed by atoms with Gasteiger partial charge in [0, 0.05) is 12.3 Å². The van der Waals surface area contributed by atoms with E-state index in [0.29, 0.717) is 5.92 Å². The van der Waals surface area contributed by atoms with Crippen LogP contribution in [-0.2, 0) is 6.54 Å². The average Bonchev–Trinajstić information content (AvgIpc) is 2.51. The SMILES string of the molecule is CC(C)c1cnn(CC2CC2(F)F)n1. The van der Waals surface area contributed by atoms with E-state index in [1.54, 1.807) is 6.20 Å². The lowest BCUT2D eigenvalue weighted by Crippen LogP contribution is -2.08. The molecule has 2 rings (SSSR count). The minimum absolute atomic E-state index is 0.0223. The molecule has 78 valence electrons. The summed E-state index contributed by atoms with van der Waals surface area (Å²) in [6.45, 7) is 4.24. The molecule has 0 bridgehead atoms. The Balaban J connectivity index is 1.98. The summed E-state index contributed by atoms with van der Waals surface area (Å²) in [5, 5.41) is 8.08. The summed E-state index contributed by atoms with van der Waals surface area (Å²) < 4.78 is 25.2. The summed E-state index contributed by atoms with van der Waals surface area (Å²) in [7, 11) is 0. The highest BCUT2D eigenvalue weighted by atomic mass is 19.3. The van der Waals surface area contributed by atoms with Gasteiger partial charge in [0.15, 0.2) is 0 Å².